The Morgan fingerprint density at radius 3 is 1.15 bits per heavy atom. The SMILES string of the molecule is COC1C(OCO)C2c3ccccc3C1C1C(c3ccc(-c4ccccc4)cc3-c3ccccc3)=c3ccccc3=C(c3ccc(-c4ccccc4)cc3-c3ccccc3)C12. The number of benzene rings is 8. The second-order valence-electron chi connectivity index (χ2n) is 16.6. The number of rotatable bonds is 9. The minimum absolute atomic E-state index is 0.00996. The molecule has 0 spiro atoms. The molecule has 6 atom stereocenters. The molecule has 3 nitrogen and oxygen atoms in total. The molecule has 0 amide bonds. The second-order valence-corrected chi connectivity index (χ2v) is 16.6. The van der Waals surface area contributed by atoms with Crippen LogP contribution in [0.15, 0.2) is 206 Å². The lowest BCUT2D eigenvalue weighted by atomic mass is 9.48. The molecular weight excluding hydrogens is 745 g/mol. The summed E-state index contributed by atoms with van der Waals surface area (Å²) < 4.78 is 13.1. The van der Waals surface area contributed by atoms with Gasteiger partial charge in [-0.2, -0.15) is 0 Å². The number of methoxy groups -OCH3 is 1. The molecule has 8 aromatic rings. The van der Waals surface area contributed by atoms with E-state index in [0.717, 1.165) is 0 Å². The Kier molecular flexibility index (Phi) is 9.66. The highest BCUT2D eigenvalue weighted by molar-refractivity contribution is 5.92. The smallest absolute Gasteiger partial charge is 0.144 e. The molecule has 12 rings (SSSR count). The molecule has 0 heterocycles. The highest BCUT2D eigenvalue weighted by Crippen LogP contribution is 2.64. The van der Waals surface area contributed by atoms with Crippen LogP contribution in [0.2, 0.25) is 0 Å². The fraction of sp³-hybridized carbons (Fsp3) is 0.138. The van der Waals surface area contributed by atoms with E-state index in [-0.39, 0.29) is 42.7 Å². The van der Waals surface area contributed by atoms with Gasteiger partial charge in [0.2, 0.25) is 0 Å². The van der Waals surface area contributed by atoms with Gasteiger partial charge in [-0.25, -0.2) is 0 Å². The third-order valence-corrected chi connectivity index (χ3v) is 13.6. The van der Waals surface area contributed by atoms with Crippen molar-refractivity contribution in [3.8, 4) is 44.5 Å². The first-order chi connectivity index (χ1) is 30.2. The van der Waals surface area contributed by atoms with Gasteiger partial charge in [-0.15, -0.1) is 0 Å². The van der Waals surface area contributed by atoms with E-state index in [9.17, 15) is 5.11 Å². The van der Waals surface area contributed by atoms with E-state index in [4.69, 9.17) is 9.47 Å². The summed E-state index contributed by atoms with van der Waals surface area (Å²) in [4.78, 5) is 0. The van der Waals surface area contributed by atoms with E-state index >= 15 is 0 Å². The fourth-order valence-corrected chi connectivity index (χ4v) is 11.3. The molecule has 0 aliphatic heterocycles. The van der Waals surface area contributed by atoms with Crippen LogP contribution >= 0.6 is 0 Å². The number of hydrogen-bond acceptors (Lipinski definition) is 3. The molecule has 8 aromatic carbocycles. The van der Waals surface area contributed by atoms with Gasteiger partial charge in [0.1, 0.15) is 6.79 Å². The summed E-state index contributed by atoms with van der Waals surface area (Å²) in [5, 5.41) is 13.1. The second kappa shape index (κ2) is 15.8. The molecule has 1 fully saturated rings. The average molecular weight is 791 g/mol. The van der Waals surface area contributed by atoms with Gasteiger partial charge in [-0.05, 0) is 100 Å². The van der Waals surface area contributed by atoms with Crippen molar-refractivity contribution >= 4 is 11.1 Å². The van der Waals surface area contributed by atoms with Gasteiger partial charge < -0.3 is 14.6 Å². The van der Waals surface area contributed by atoms with Crippen LogP contribution in [-0.2, 0) is 9.47 Å². The summed E-state index contributed by atoms with van der Waals surface area (Å²) >= 11 is 0. The van der Waals surface area contributed by atoms with Crippen molar-refractivity contribution < 1.29 is 14.6 Å². The molecule has 4 aliphatic carbocycles. The summed E-state index contributed by atoms with van der Waals surface area (Å²) in [5.74, 6) is -0.180. The summed E-state index contributed by atoms with van der Waals surface area (Å²) in [6.07, 6.45) is -0.650. The van der Waals surface area contributed by atoms with Crippen molar-refractivity contribution in [2.24, 2.45) is 11.8 Å². The average Bonchev–Trinajstić information content (AvgIpc) is 3.34. The van der Waals surface area contributed by atoms with Gasteiger partial charge in [0, 0.05) is 30.8 Å². The minimum atomic E-state index is -0.379. The third kappa shape index (κ3) is 6.23. The molecule has 61 heavy (non-hydrogen) atoms. The standard InChI is InChI=1S/C58H46O3/c1-60-57-53-45-28-16-17-29-46(45)54(58(57)61-36-59)56-52(48-33-31-42(38-20-8-3-9-21-38)35-50(48)40-24-12-5-13-25-40)44-27-15-14-26-43(44)51(55(53)56)47-32-30-41(37-18-6-2-7-19-37)34-49(47)39-22-10-4-11-23-39/h2-35,53-59H,36H2,1H3. The lowest BCUT2D eigenvalue weighted by Gasteiger charge is -2.58. The number of aliphatic hydroxyl groups is 1. The third-order valence-electron chi connectivity index (χ3n) is 13.6. The Hall–Kier alpha value is -6.62. The molecule has 1 saturated carbocycles. The van der Waals surface area contributed by atoms with Crippen LogP contribution in [0.25, 0.3) is 55.7 Å². The monoisotopic (exact) mass is 790 g/mol. The van der Waals surface area contributed by atoms with Crippen molar-refractivity contribution in [3.63, 3.8) is 0 Å². The predicted molar refractivity (Wildman–Crippen MR) is 247 cm³/mol. The van der Waals surface area contributed by atoms with Crippen LogP contribution in [0.3, 0.4) is 0 Å². The van der Waals surface area contributed by atoms with Gasteiger partial charge >= 0.3 is 0 Å². The molecule has 0 radical (unpaired) electrons. The zero-order chi connectivity index (χ0) is 40.9. The molecule has 2 bridgehead atoms. The lowest BCUT2D eigenvalue weighted by molar-refractivity contribution is -0.156. The summed E-state index contributed by atoms with van der Waals surface area (Å²) in [7, 11) is 1.82. The van der Waals surface area contributed by atoms with E-state index in [1.807, 2.05) is 7.11 Å². The largest absolute Gasteiger partial charge is 0.378 e. The number of aliphatic hydroxyl groups excluding tert-OH is 1. The van der Waals surface area contributed by atoms with Gasteiger partial charge in [0.25, 0.3) is 0 Å². The number of ether oxygens (including phenoxy) is 2. The van der Waals surface area contributed by atoms with Crippen LogP contribution in [0.5, 0.6) is 0 Å². The summed E-state index contributed by atoms with van der Waals surface area (Å²) in [5.41, 5.74) is 17.2. The Balaban J connectivity index is 1.28. The Bertz CT molecular complexity index is 3000. The molecule has 4 aliphatic rings. The maximum Gasteiger partial charge on any atom is 0.144 e. The molecule has 1 N–H and O–H groups in total. The van der Waals surface area contributed by atoms with E-state index in [0.29, 0.717) is 0 Å². The van der Waals surface area contributed by atoms with Crippen LogP contribution < -0.4 is 10.4 Å². The van der Waals surface area contributed by atoms with Gasteiger partial charge in [-0.1, -0.05) is 194 Å². The first-order valence-corrected chi connectivity index (χ1v) is 21.4. The van der Waals surface area contributed by atoms with Crippen molar-refractivity contribution in [3.05, 3.63) is 239 Å². The van der Waals surface area contributed by atoms with E-state index in [2.05, 4.69) is 206 Å². The van der Waals surface area contributed by atoms with E-state index in [1.54, 1.807) is 0 Å². The van der Waals surface area contributed by atoms with Crippen molar-refractivity contribution in [2.45, 2.75) is 24.0 Å². The van der Waals surface area contributed by atoms with Gasteiger partial charge in [0.05, 0.1) is 12.2 Å². The highest BCUT2D eigenvalue weighted by atomic mass is 16.6. The zero-order valence-electron chi connectivity index (χ0n) is 34.1. The number of hydrogen-bond donors (Lipinski definition) is 1. The Labute approximate surface area is 357 Å². The van der Waals surface area contributed by atoms with Crippen molar-refractivity contribution in [1.29, 1.82) is 0 Å². The topological polar surface area (TPSA) is 38.7 Å². The quantitative estimate of drug-likeness (QED) is 0.148. The van der Waals surface area contributed by atoms with E-state index < -0.39 is 0 Å². The zero-order valence-corrected chi connectivity index (χ0v) is 34.1. The molecule has 0 saturated heterocycles. The minimum Gasteiger partial charge on any atom is -0.378 e. The van der Waals surface area contributed by atoms with E-state index in [1.165, 1.54) is 88.3 Å². The molecule has 3 heteroatoms. The summed E-state index contributed by atoms with van der Waals surface area (Å²) in [6.45, 7) is -0.379. The van der Waals surface area contributed by atoms with Crippen molar-refractivity contribution in [1.82, 2.24) is 0 Å². The first kappa shape index (κ1) is 37.4. The Morgan fingerprint density at radius 2 is 0.738 bits per heavy atom. The predicted octanol–water partition coefficient (Wildman–Crippen LogP) is 11.2. The summed E-state index contributed by atoms with van der Waals surface area (Å²) in [6, 6.07) is 75.2. The molecule has 6 unspecified atom stereocenters. The Morgan fingerprint density at radius 1 is 0.361 bits per heavy atom. The van der Waals surface area contributed by atoms with Crippen LogP contribution in [-0.4, -0.2) is 31.2 Å². The van der Waals surface area contributed by atoms with Crippen LogP contribution in [0.4, 0.5) is 0 Å². The normalized spacial score (nSPS) is 21.1. The molecular formula is C58H46O3. The highest BCUT2D eigenvalue weighted by Gasteiger charge is 2.60. The maximum atomic E-state index is 10.6. The molecule has 0 aromatic heterocycles. The molecule has 296 valence electrons. The van der Waals surface area contributed by atoms with Crippen molar-refractivity contribution in [2.75, 3.05) is 13.9 Å². The van der Waals surface area contributed by atoms with Crippen LogP contribution in [0, 0.1) is 11.8 Å². The lowest BCUT2D eigenvalue weighted by Crippen LogP contribution is -2.60. The van der Waals surface area contributed by atoms with Gasteiger partial charge in [0.15, 0.2) is 0 Å². The van der Waals surface area contributed by atoms with Crippen LogP contribution in [0.1, 0.15) is 34.1 Å². The number of fused-ring (bicyclic) bond motifs is 2. The fourth-order valence-electron chi connectivity index (χ4n) is 11.3. The first-order valence-electron chi connectivity index (χ1n) is 21.4. The van der Waals surface area contributed by atoms with Gasteiger partial charge in [-0.3, -0.25) is 0 Å². The maximum absolute atomic E-state index is 10.6.